The highest BCUT2D eigenvalue weighted by Gasteiger charge is 2.40. The van der Waals surface area contributed by atoms with Gasteiger partial charge in [0.2, 0.25) is 0 Å². The summed E-state index contributed by atoms with van der Waals surface area (Å²) in [5.41, 5.74) is 0. The van der Waals surface area contributed by atoms with Crippen LogP contribution in [0.1, 0.15) is 32.6 Å². The number of carboxylic acid groups (broad SMARTS) is 1. The van der Waals surface area contributed by atoms with Crippen LogP contribution in [0.2, 0.25) is 0 Å². The Morgan fingerprint density at radius 1 is 1.31 bits per heavy atom. The van der Waals surface area contributed by atoms with Crippen LogP contribution in [0.4, 0.5) is 13.2 Å². The quantitative estimate of drug-likeness (QED) is 0.695. The zero-order valence-corrected chi connectivity index (χ0v) is 8.80. The number of unbranched alkanes of at least 4 members (excludes halogenated alkanes) is 2. The van der Waals surface area contributed by atoms with Gasteiger partial charge in [0.05, 0.1) is 0 Å². The molecule has 0 heterocycles. The molecule has 0 fully saturated rings. The SMILES string of the molecule is CCCCC[C@H](NC(=O)C(F)(F)F)C(=O)O. The molecule has 0 spiro atoms. The number of rotatable bonds is 6. The minimum atomic E-state index is -5.04. The predicted octanol–water partition coefficient (Wildman–Crippen LogP) is 1.70. The van der Waals surface area contributed by atoms with Crippen molar-refractivity contribution in [2.45, 2.75) is 44.8 Å². The highest BCUT2D eigenvalue weighted by molar-refractivity contribution is 5.86. The number of carbonyl (C=O) groups is 2. The second kappa shape index (κ2) is 6.34. The highest BCUT2D eigenvalue weighted by Crippen LogP contribution is 2.15. The van der Waals surface area contributed by atoms with Crippen LogP contribution in [0.5, 0.6) is 0 Å². The van der Waals surface area contributed by atoms with Crippen molar-refractivity contribution in [2.24, 2.45) is 0 Å². The second-order valence-corrected chi connectivity index (χ2v) is 3.36. The van der Waals surface area contributed by atoms with Gasteiger partial charge in [0.1, 0.15) is 6.04 Å². The monoisotopic (exact) mass is 241 g/mol. The molecule has 7 heteroatoms. The van der Waals surface area contributed by atoms with E-state index in [2.05, 4.69) is 0 Å². The topological polar surface area (TPSA) is 66.4 Å². The van der Waals surface area contributed by atoms with Crippen LogP contribution in [0, 0.1) is 0 Å². The van der Waals surface area contributed by atoms with Crippen LogP contribution in [-0.4, -0.2) is 29.2 Å². The van der Waals surface area contributed by atoms with Crippen LogP contribution in [0.25, 0.3) is 0 Å². The molecule has 0 aliphatic heterocycles. The normalized spacial score (nSPS) is 13.2. The van der Waals surface area contributed by atoms with E-state index in [1.807, 2.05) is 6.92 Å². The van der Waals surface area contributed by atoms with Gasteiger partial charge in [-0.05, 0) is 6.42 Å². The molecule has 2 N–H and O–H groups in total. The second-order valence-electron chi connectivity index (χ2n) is 3.36. The van der Waals surface area contributed by atoms with Gasteiger partial charge in [0, 0.05) is 0 Å². The molecule has 0 radical (unpaired) electrons. The first-order chi connectivity index (χ1) is 7.29. The molecule has 0 aromatic carbocycles. The molecule has 0 saturated carbocycles. The molecule has 0 bridgehead atoms. The molecule has 0 aromatic rings. The zero-order valence-electron chi connectivity index (χ0n) is 8.80. The van der Waals surface area contributed by atoms with E-state index in [0.717, 1.165) is 6.42 Å². The summed E-state index contributed by atoms with van der Waals surface area (Å²) < 4.78 is 35.6. The van der Waals surface area contributed by atoms with Gasteiger partial charge in [-0.25, -0.2) is 4.79 Å². The molecule has 0 aliphatic carbocycles. The number of hydrogen-bond donors (Lipinski definition) is 2. The number of alkyl halides is 3. The maximum Gasteiger partial charge on any atom is 0.471 e. The number of amides is 1. The predicted molar refractivity (Wildman–Crippen MR) is 49.8 cm³/mol. The van der Waals surface area contributed by atoms with Gasteiger partial charge in [-0.3, -0.25) is 4.79 Å². The van der Waals surface area contributed by atoms with Gasteiger partial charge in [0.25, 0.3) is 0 Å². The van der Waals surface area contributed by atoms with Gasteiger partial charge in [-0.2, -0.15) is 13.2 Å². The molecule has 0 saturated heterocycles. The van der Waals surface area contributed by atoms with Crippen LogP contribution < -0.4 is 5.32 Å². The van der Waals surface area contributed by atoms with E-state index in [1.165, 1.54) is 5.32 Å². The average molecular weight is 241 g/mol. The van der Waals surface area contributed by atoms with E-state index in [9.17, 15) is 22.8 Å². The largest absolute Gasteiger partial charge is 0.480 e. The maximum atomic E-state index is 11.9. The Labute approximate surface area is 90.8 Å². The molecule has 0 rings (SSSR count). The van der Waals surface area contributed by atoms with Crippen molar-refractivity contribution in [1.29, 1.82) is 0 Å². The molecular weight excluding hydrogens is 227 g/mol. The third-order valence-corrected chi connectivity index (χ3v) is 1.96. The Kier molecular flexibility index (Phi) is 5.84. The number of nitrogens with one attached hydrogen (secondary N) is 1. The maximum absolute atomic E-state index is 11.9. The van der Waals surface area contributed by atoms with Gasteiger partial charge < -0.3 is 10.4 Å². The lowest BCUT2D eigenvalue weighted by Crippen LogP contribution is -2.46. The van der Waals surface area contributed by atoms with E-state index >= 15 is 0 Å². The Balaban J connectivity index is 4.24. The van der Waals surface area contributed by atoms with Gasteiger partial charge in [-0.15, -0.1) is 0 Å². The standard InChI is InChI=1S/C9H14F3NO3/c1-2-3-4-5-6(7(14)15)13-8(16)9(10,11)12/h6H,2-5H2,1H3,(H,13,16)(H,14,15)/t6-/m0/s1. The van der Waals surface area contributed by atoms with E-state index < -0.39 is 24.1 Å². The fourth-order valence-electron chi connectivity index (χ4n) is 1.10. The van der Waals surface area contributed by atoms with Crippen molar-refractivity contribution < 1.29 is 27.9 Å². The van der Waals surface area contributed by atoms with Crippen molar-refractivity contribution in [1.82, 2.24) is 5.32 Å². The van der Waals surface area contributed by atoms with Crippen molar-refractivity contribution in [2.75, 3.05) is 0 Å². The summed E-state index contributed by atoms with van der Waals surface area (Å²) in [7, 11) is 0. The number of hydrogen-bond acceptors (Lipinski definition) is 2. The lowest BCUT2D eigenvalue weighted by molar-refractivity contribution is -0.175. The van der Waals surface area contributed by atoms with Gasteiger partial charge in [0.15, 0.2) is 0 Å². The summed E-state index contributed by atoms with van der Waals surface area (Å²) in [6.07, 6.45) is -3.04. The van der Waals surface area contributed by atoms with Crippen LogP contribution in [-0.2, 0) is 9.59 Å². The van der Waals surface area contributed by atoms with Crippen molar-refractivity contribution in [3.8, 4) is 0 Å². The summed E-state index contributed by atoms with van der Waals surface area (Å²) in [6, 6.07) is -1.47. The summed E-state index contributed by atoms with van der Waals surface area (Å²) in [5.74, 6) is -3.66. The molecule has 0 unspecified atom stereocenters. The third kappa shape index (κ3) is 5.57. The first-order valence-electron chi connectivity index (χ1n) is 4.89. The summed E-state index contributed by atoms with van der Waals surface area (Å²) in [4.78, 5) is 21.1. The Morgan fingerprint density at radius 2 is 1.88 bits per heavy atom. The summed E-state index contributed by atoms with van der Waals surface area (Å²) in [5, 5.41) is 10.1. The number of carbonyl (C=O) groups excluding carboxylic acids is 1. The average Bonchev–Trinajstić information content (AvgIpc) is 2.14. The molecular formula is C9H14F3NO3. The molecule has 94 valence electrons. The third-order valence-electron chi connectivity index (χ3n) is 1.96. The smallest absolute Gasteiger partial charge is 0.471 e. The van der Waals surface area contributed by atoms with E-state index in [4.69, 9.17) is 5.11 Å². The van der Waals surface area contributed by atoms with Crippen LogP contribution >= 0.6 is 0 Å². The first kappa shape index (κ1) is 14.7. The Morgan fingerprint density at radius 3 is 2.25 bits per heavy atom. The highest BCUT2D eigenvalue weighted by atomic mass is 19.4. The van der Waals surface area contributed by atoms with E-state index in [1.54, 1.807) is 0 Å². The Hall–Kier alpha value is -1.27. The minimum Gasteiger partial charge on any atom is -0.480 e. The fourth-order valence-corrected chi connectivity index (χ4v) is 1.10. The van der Waals surface area contributed by atoms with Gasteiger partial charge >= 0.3 is 18.1 Å². The van der Waals surface area contributed by atoms with E-state index in [0.29, 0.717) is 12.8 Å². The lowest BCUT2D eigenvalue weighted by atomic mass is 10.1. The summed E-state index contributed by atoms with van der Waals surface area (Å²) in [6.45, 7) is 1.88. The Bertz CT molecular complexity index is 253. The minimum absolute atomic E-state index is 0.00495. The molecule has 0 aliphatic rings. The van der Waals surface area contributed by atoms with Crippen molar-refractivity contribution in [3.63, 3.8) is 0 Å². The van der Waals surface area contributed by atoms with Crippen LogP contribution in [0.3, 0.4) is 0 Å². The molecule has 0 aromatic heterocycles. The lowest BCUT2D eigenvalue weighted by Gasteiger charge is -2.15. The van der Waals surface area contributed by atoms with E-state index in [-0.39, 0.29) is 6.42 Å². The summed E-state index contributed by atoms with van der Waals surface area (Å²) >= 11 is 0. The zero-order chi connectivity index (χ0) is 12.8. The number of carboxylic acids is 1. The fraction of sp³-hybridized carbons (Fsp3) is 0.778. The molecule has 1 amide bonds. The van der Waals surface area contributed by atoms with Crippen LogP contribution in [0.15, 0.2) is 0 Å². The van der Waals surface area contributed by atoms with Crippen molar-refractivity contribution >= 4 is 11.9 Å². The molecule has 1 atom stereocenters. The van der Waals surface area contributed by atoms with Gasteiger partial charge in [-0.1, -0.05) is 26.2 Å². The molecule has 4 nitrogen and oxygen atoms in total. The first-order valence-corrected chi connectivity index (χ1v) is 4.89. The van der Waals surface area contributed by atoms with Crippen molar-refractivity contribution in [3.05, 3.63) is 0 Å². The number of aliphatic carboxylic acids is 1. The number of halogens is 3. The molecule has 16 heavy (non-hydrogen) atoms.